The molecule has 1 unspecified atom stereocenters. The van der Waals surface area contributed by atoms with E-state index in [-0.39, 0.29) is 6.10 Å². The van der Waals surface area contributed by atoms with Gasteiger partial charge >= 0.3 is 6.01 Å². The Labute approximate surface area is 123 Å². The van der Waals surface area contributed by atoms with Crippen molar-refractivity contribution in [2.75, 3.05) is 18.0 Å². The van der Waals surface area contributed by atoms with E-state index in [1.165, 1.54) is 0 Å². The van der Waals surface area contributed by atoms with Crippen LogP contribution in [0.3, 0.4) is 0 Å². The Balaban J connectivity index is 1.68. The van der Waals surface area contributed by atoms with Gasteiger partial charge in [0.1, 0.15) is 18.0 Å². The first kappa shape index (κ1) is 13.3. The maximum Gasteiger partial charge on any atom is 0.316 e. The first-order chi connectivity index (χ1) is 10.3. The summed E-state index contributed by atoms with van der Waals surface area (Å²) in [4.78, 5) is 14.7. The second-order valence-electron chi connectivity index (χ2n) is 5.00. The largest absolute Gasteiger partial charge is 0.458 e. The minimum Gasteiger partial charge on any atom is -0.458 e. The highest BCUT2D eigenvalue weighted by Crippen LogP contribution is 2.23. The second-order valence-corrected chi connectivity index (χ2v) is 5.00. The number of hydrogen-bond acceptors (Lipinski definition) is 6. The van der Waals surface area contributed by atoms with E-state index in [0.29, 0.717) is 18.1 Å². The zero-order valence-electron chi connectivity index (χ0n) is 11.7. The first-order valence-corrected chi connectivity index (χ1v) is 6.81. The Bertz CT molecular complexity index is 665. The van der Waals surface area contributed by atoms with Crippen LogP contribution in [0.1, 0.15) is 17.5 Å². The van der Waals surface area contributed by atoms with E-state index in [9.17, 15) is 0 Å². The predicted molar refractivity (Wildman–Crippen MR) is 77.0 cm³/mol. The van der Waals surface area contributed by atoms with Crippen molar-refractivity contribution in [1.82, 2.24) is 15.0 Å². The maximum atomic E-state index is 9.14. The molecule has 0 bridgehead atoms. The number of anilines is 1. The van der Waals surface area contributed by atoms with Gasteiger partial charge in [0.05, 0.1) is 12.1 Å². The van der Waals surface area contributed by atoms with Gasteiger partial charge in [-0.2, -0.15) is 5.26 Å². The van der Waals surface area contributed by atoms with Gasteiger partial charge in [-0.05, 0) is 24.6 Å². The highest BCUT2D eigenvalue weighted by Gasteiger charge is 2.27. The van der Waals surface area contributed by atoms with Crippen molar-refractivity contribution >= 4 is 5.82 Å². The lowest BCUT2D eigenvalue weighted by molar-refractivity contribution is 0.206. The van der Waals surface area contributed by atoms with Crippen LogP contribution in [0.5, 0.6) is 6.01 Å². The number of aryl methyl sites for hydroxylation is 1. The number of aromatic nitrogens is 3. The summed E-state index contributed by atoms with van der Waals surface area (Å²) >= 11 is 0. The molecule has 1 atom stereocenters. The van der Waals surface area contributed by atoms with Gasteiger partial charge in [0.25, 0.3) is 0 Å². The normalized spacial score (nSPS) is 17.5. The predicted octanol–water partition coefficient (Wildman–Crippen LogP) is 1.71. The van der Waals surface area contributed by atoms with Crippen molar-refractivity contribution in [2.24, 2.45) is 0 Å². The molecule has 1 aliphatic rings. The van der Waals surface area contributed by atoms with Crippen LogP contribution in [0.4, 0.5) is 5.82 Å². The molecule has 106 valence electrons. The molecule has 0 radical (unpaired) electrons. The lowest BCUT2D eigenvalue weighted by Crippen LogP contribution is -2.26. The molecule has 6 nitrogen and oxygen atoms in total. The van der Waals surface area contributed by atoms with Gasteiger partial charge in [-0.25, -0.2) is 15.0 Å². The van der Waals surface area contributed by atoms with E-state index in [0.717, 1.165) is 24.3 Å². The molecule has 21 heavy (non-hydrogen) atoms. The molecular formula is C15H15N5O. The number of nitriles is 1. The second kappa shape index (κ2) is 5.75. The third kappa shape index (κ3) is 2.92. The smallest absolute Gasteiger partial charge is 0.316 e. The quantitative estimate of drug-likeness (QED) is 0.852. The van der Waals surface area contributed by atoms with E-state index in [4.69, 9.17) is 10.00 Å². The maximum absolute atomic E-state index is 9.14. The molecule has 2 aromatic rings. The fourth-order valence-corrected chi connectivity index (χ4v) is 2.34. The number of ether oxygens (including phenoxy) is 1. The van der Waals surface area contributed by atoms with Gasteiger partial charge in [0.15, 0.2) is 0 Å². The standard InChI is InChI=1S/C15H15N5O/c1-11-8-18-15(19-9-11)21-13-4-6-20(10-13)14-12(7-16)3-2-5-17-14/h2-3,5,8-9,13H,4,6,10H2,1H3. The molecule has 0 amide bonds. The third-order valence-electron chi connectivity index (χ3n) is 3.38. The third-order valence-corrected chi connectivity index (χ3v) is 3.38. The first-order valence-electron chi connectivity index (χ1n) is 6.81. The Morgan fingerprint density at radius 1 is 1.33 bits per heavy atom. The zero-order chi connectivity index (χ0) is 14.7. The molecule has 2 aromatic heterocycles. The van der Waals surface area contributed by atoms with Gasteiger partial charge in [-0.1, -0.05) is 0 Å². The monoisotopic (exact) mass is 281 g/mol. The fraction of sp³-hybridized carbons (Fsp3) is 0.333. The summed E-state index contributed by atoms with van der Waals surface area (Å²) in [6.45, 7) is 3.43. The van der Waals surface area contributed by atoms with Gasteiger partial charge in [-0.15, -0.1) is 0 Å². The molecule has 6 heteroatoms. The summed E-state index contributed by atoms with van der Waals surface area (Å²) in [6.07, 6.45) is 6.05. The van der Waals surface area contributed by atoms with Crippen LogP contribution < -0.4 is 9.64 Å². The number of pyridine rings is 1. The summed E-state index contributed by atoms with van der Waals surface area (Å²) in [5.41, 5.74) is 1.59. The minimum absolute atomic E-state index is 0.0151. The highest BCUT2D eigenvalue weighted by atomic mass is 16.5. The van der Waals surface area contributed by atoms with Crippen molar-refractivity contribution in [3.63, 3.8) is 0 Å². The van der Waals surface area contributed by atoms with Crippen LogP contribution in [0.2, 0.25) is 0 Å². The fourth-order valence-electron chi connectivity index (χ4n) is 2.34. The van der Waals surface area contributed by atoms with Gasteiger partial charge in [0, 0.05) is 31.6 Å². The Kier molecular flexibility index (Phi) is 3.65. The Hall–Kier alpha value is -2.68. The lowest BCUT2D eigenvalue weighted by atomic mass is 10.2. The van der Waals surface area contributed by atoms with Crippen LogP contribution in [-0.2, 0) is 0 Å². The molecule has 1 fully saturated rings. The van der Waals surface area contributed by atoms with Crippen molar-refractivity contribution in [2.45, 2.75) is 19.4 Å². The lowest BCUT2D eigenvalue weighted by Gasteiger charge is -2.18. The molecule has 0 spiro atoms. The molecule has 0 aliphatic carbocycles. The van der Waals surface area contributed by atoms with Crippen molar-refractivity contribution in [1.29, 1.82) is 5.26 Å². The minimum atomic E-state index is 0.0151. The van der Waals surface area contributed by atoms with Crippen LogP contribution in [0.25, 0.3) is 0 Å². The highest BCUT2D eigenvalue weighted by molar-refractivity contribution is 5.54. The molecular weight excluding hydrogens is 266 g/mol. The van der Waals surface area contributed by atoms with E-state index in [1.54, 1.807) is 30.7 Å². The molecule has 0 N–H and O–H groups in total. The Morgan fingerprint density at radius 3 is 2.90 bits per heavy atom. The number of nitrogens with zero attached hydrogens (tertiary/aromatic N) is 5. The summed E-state index contributed by atoms with van der Waals surface area (Å²) in [6, 6.07) is 6.12. The topological polar surface area (TPSA) is 74.9 Å². The summed E-state index contributed by atoms with van der Waals surface area (Å²) in [5.74, 6) is 0.718. The van der Waals surface area contributed by atoms with Crippen LogP contribution in [0, 0.1) is 18.3 Å². The number of rotatable bonds is 3. The molecule has 0 aromatic carbocycles. The van der Waals surface area contributed by atoms with Crippen molar-refractivity contribution < 1.29 is 4.74 Å². The van der Waals surface area contributed by atoms with E-state index in [2.05, 4.69) is 25.9 Å². The van der Waals surface area contributed by atoms with Gasteiger partial charge in [0.2, 0.25) is 0 Å². The van der Waals surface area contributed by atoms with Crippen molar-refractivity contribution in [3.05, 3.63) is 41.9 Å². The number of hydrogen-bond donors (Lipinski definition) is 0. The molecule has 0 saturated carbocycles. The zero-order valence-corrected chi connectivity index (χ0v) is 11.7. The summed E-state index contributed by atoms with van der Waals surface area (Å²) in [5, 5.41) is 9.14. The van der Waals surface area contributed by atoms with Gasteiger partial charge < -0.3 is 9.64 Å². The Morgan fingerprint density at radius 2 is 2.14 bits per heavy atom. The van der Waals surface area contributed by atoms with Crippen LogP contribution in [0.15, 0.2) is 30.7 Å². The molecule has 3 heterocycles. The van der Waals surface area contributed by atoms with E-state index < -0.39 is 0 Å². The molecule has 1 saturated heterocycles. The van der Waals surface area contributed by atoms with Crippen molar-refractivity contribution in [3.8, 4) is 12.1 Å². The van der Waals surface area contributed by atoms with E-state index in [1.807, 2.05) is 6.92 Å². The average Bonchev–Trinajstić information content (AvgIpc) is 2.98. The molecule has 1 aliphatic heterocycles. The van der Waals surface area contributed by atoms with Crippen LogP contribution in [-0.4, -0.2) is 34.1 Å². The van der Waals surface area contributed by atoms with Gasteiger partial charge in [-0.3, -0.25) is 0 Å². The summed E-state index contributed by atoms with van der Waals surface area (Å²) in [7, 11) is 0. The van der Waals surface area contributed by atoms with Crippen LogP contribution >= 0.6 is 0 Å². The SMILES string of the molecule is Cc1cnc(OC2CCN(c3ncccc3C#N)C2)nc1. The summed E-state index contributed by atoms with van der Waals surface area (Å²) < 4.78 is 5.78. The van der Waals surface area contributed by atoms with E-state index >= 15 is 0 Å². The average molecular weight is 281 g/mol. The molecule has 3 rings (SSSR count).